The number of aliphatic hydroxyl groups excluding tert-OH is 1. The number of carbonyl (C=O) groups is 1. The molecule has 1 aromatic rings. The third kappa shape index (κ3) is 4.86. The predicted octanol–water partition coefficient (Wildman–Crippen LogP) is 3.06. The summed E-state index contributed by atoms with van der Waals surface area (Å²) in [6, 6.07) is 3.07. The molecule has 5 nitrogen and oxygen atoms in total. The maximum Gasteiger partial charge on any atom is 0.342 e. The van der Waals surface area contributed by atoms with Gasteiger partial charge < -0.3 is 19.7 Å². The van der Waals surface area contributed by atoms with Gasteiger partial charge in [-0.3, -0.25) is 0 Å². The smallest absolute Gasteiger partial charge is 0.342 e. The van der Waals surface area contributed by atoms with Crippen molar-refractivity contribution in [2.75, 3.05) is 13.7 Å². The molecule has 1 heterocycles. The average molecular weight is 318 g/mol. The van der Waals surface area contributed by atoms with Gasteiger partial charge in [0.1, 0.15) is 17.1 Å². The van der Waals surface area contributed by atoms with E-state index in [0.29, 0.717) is 37.0 Å². The molecule has 1 aliphatic rings. The molecule has 1 aliphatic heterocycles. The van der Waals surface area contributed by atoms with E-state index in [1.807, 2.05) is 18.2 Å². The van der Waals surface area contributed by atoms with Crippen molar-refractivity contribution in [2.24, 2.45) is 0 Å². The normalized spacial score (nSPS) is 22.3. The van der Waals surface area contributed by atoms with Gasteiger partial charge in [0.05, 0.1) is 19.8 Å². The van der Waals surface area contributed by atoms with Crippen molar-refractivity contribution in [2.45, 2.75) is 31.8 Å². The van der Waals surface area contributed by atoms with Gasteiger partial charge in [-0.1, -0.05) is 24.3 Å². The summed E-state index contributed by atoms with van der Waals surface area (Å²) in [7, 11) is 1.49. The predicted molar refractivity (Wildman–Crippen MR) is 87.6 cm³/mol. The molecule has 2 rings (SSSR count). The van der Waals surface area contributed by atoms with E-state index in [1.165, 1.54) is 13.2 Å². The van der Waals surface area contributed by atoms with Crippen LogP contribution in [0.5, 0.6) is 11.5 Å². The lowest BCUT2D eigenvalue weighted by Crippen LogP contribution is -2.09. The first-order valence-corrected chi connectivity index (χ1v) is 7.69. The second-order valence-electron chi connectivity index (χ2n) is 5.38. The number of ether oxygens (including phenoxy) is 2. The van der Waals surface area contributed by atoms with Gasteiger partial charge in [0.2, 0.25) is 0 Å². The molecule has 0 unspecified atom stereocenters. The third-order valence-corrected chi connectivity index (χ3v) is 3.62. The topological polar surface area (TPSA) is 76.0 Å². The summed E-state index contributed by atoms with van der Waals surface area (Å²) >= 11 is 0. The van der Waals surface area contributed by atoms with Crippen LogP contribution in [0.3, 0.4) is 0 Å². The molecule has 5 heteroatoms. The maximum atomic E-state index is 12.2. The van der Waals surface area contributed by atoms with Crippen LogP contribution in [-0.4, -0.2) is 36.0 Å². The van der Waals surface area contributed by atoms with E-state index in [-0.39, 0.29) is 24.0 Å². The molecule has 0 aliphatic carbocycles. The Bertz CT molecular complexity index is 604. The first-order chi connectivity index (χ1) is 11.1. The fourth-order valence-electron chi connectivity index (χ4n) is 2.37. The van der Waals surface area contributed by atoms with Crippen LogP contribution in [0.2, 0.25) is 0 Å². The number of hydrogen-bond acceptors (Lipinski definition) is 5. The summed E-state index contributed by atoms with van der Waals surface area (Å²) in [5.74, 6) is -0.269. The first-order valence-electron chi connectivity index (χ1n) is 7.69. The highest BCUT2D eigenvalue weighted by Gasteiger charge is 2.18. The lowest BCUT2D eigenvalue weighted by molar-refractivity contribution is 0.0508. The van der Waals surface area contributed by atoms with Gasteiger partial charge in [0.25, 0.3) is 0 Å². The Balaban J connectivity index is 2.33. The fraction of sp³-hybridized carbons (Fsp3) is 0.389. The molecule has 2 N–H and O–H groups in total. The Hall–Kier alpha value is -2.27. The Morgan fingerprint density at radius 2 is 2.04 bits per heavy atom. The molecule has 0 saturated heterocycles. The number of esters is 1. The largest absolute Gasteiger partial charge is 0.507 e. The van der Waals surface area contributed by atoms with Crippen molar-refractivity contribution < 1.29 is 24.5 Å². The second kappa shape index (κ2) is 8.39. The van der Waals surface area contributed by atoms with Gasteiger partial charge >= 0.3 is 5.97 Å². The number of benzene rings is 1. The van der Waals surface area contributed by atoms with Gasteiger partial charge in [-0.15, -0.1) is 0 Å². The van der Waals surface area contributed by atoms with E-state index in [4.69, 9.17) is 9.47 Å². The van der Waals surface area contributed by atoms with Crippen LogP contribution in [0, 0.1) is 0 Å². The molecule has 0 radical (unpaired) electrons. The van der Waals surface area contributed by atoms with Crippen LogP contribution in [0.4, 0.5) is 0 Å². The van der Waals surface area contributed by atoms with Gasteiger partial charge in [-0.2, -0.15) is 0 Å². The Morgan fingerprint density at radius 1 is 1.22 bits per heavy atom. The van der Waals surface area contributed by atoms with Crippen LogP contribution in [0.1, 0.15) is 41.6 Å². The van der Waals surface area contributed by atoms with Gasteiger partial charge in [-0.05, 0) is 37.3 Å². The van der Waals surface area contributed by atoms with E-state index in [1.54, 1.807) is 12.1 Å². The van der Waals surface area contributed by atoms with Gasteiger partial charge in [0.15, 0.2) is 0 Å². The molecule has 23 heavy (non-hydrogen) atoms. The summed E-state index contributed by atoms with van der Waals surface area (Å²) in [4.78, 5) is 12.2. The number of hydrogen-bond donors (Lipinski definition) is 2. The number of methoxy groups -OCH3 is 1. The number of aliphatic hydroxyl groups is 1. The van der Waals surface area contributed by atoms with Crippen LogP contribution in [-0.2, 0) is 4.74 Å². The van der Waals surface area contributed by atoms with Gasteiger partial charge in [-0.25, -0.2) is 4.79 Å². The molecule has 124 valence electrons. The zero-order valence-corrected chi connectivity index (χ0v) is 13.2. The minimum atomic E-state index is -0.560. The van der Waals surface area contributed by atoms with Crippen molar-refractivity contribution in [3.05, 3.63) is 41.5 Å². The van der Waals surface area contributed by atoms with Crippen LogP contribution in [0.25, 0.3) is 6.08 Å². The van der Waals surface area contributed by atoms with Crippen LogP contribution >= 0.6 is 0 Å². The molecule has 0 spiro atoms. The summed E-state index contributed by atoms with van der Waals surface area (Å²) in [5, 5.41) is 20.0. The summed E-state index contributed by atoms with van der Waals surface area (Å²) in [6.07, 6.45) is 9.46. The van der Waals surface area contributed by atoms with Gasteiger partial charge in [0, 0.05) is 6.07 Å². The number of aromatic hydroxyl groups is 1. The zero-order valence-electron chi connectivity index (χ0n) is 13.2. The fourth-order valence-corrected chi connectivity index (χ4v) is 2.37. The summed E-state index contributed by atoms with van der Waals surface area (Å²) in [6.45, 7) is 0.222. The highest BCUT2D eigenvalue weighted by Crippen LogP contribution is 2.30. The highest BCUT2D eigenvalue weighted by molar-refractivity contribution is 5.97. The molecular formula is C18H22O5. The minimum absolute atomic E-state index is 0.128. The standard InChI is InChI=1S/C18H22O5/c1-22-15-11-13-7-4-5-9-14(19)8-3-2-6-10-23-18(21)17(13)16(20)12-15/h2-4,7,11-12,14,19-20H,5-6,8-10H2,1H3/b3-2+,7-4+/t14-/m1/s1. The van der Waals surface area contributed by atoms with E-state index in [2.05, 4.69) is 0 Å². The number of cyclic esters (lactones) is 1. The van der Waals surface area contributed by atoms with Crippen LogP contribution in [0.15, 0.2) is 30.4 Å². The zero-order chi connectivity index (χ0) is 16.7. The quantitative estimate of drug-likeness (QED) is 0.615. The summed E-state index contributed by atoms with van der Waals surface area (Å²) < 4.78 is 10.3. The molecule has 0 fully saturated rings. The number of phenolic OH excluding ortho intramolecular Hbond substituents is 1. The molecular weight excluding hydrogens is 296 g/mol. The molecule has 0 amide bonds. The number of allylic oxidation sites excluding steroid dienone is 1. The second-order valence-corrected chi connectivity index (χ2v) is 5.38. The van der Waals surface area contributed by atoms with Crippen molar-refractivity contribution in [3.8, 4) is 11.5 Å². The Labute approximate surface area is 135 Å². The SMILES string of the molecule is COc1cc(O)c2c(c1)/C=C/CC[C@H](O)C/C=C/CCOC2=O. The van der Waals surface area contributed by atoms with E-state index in [0.717, 1.165) is 0 Å². The molecule has 0 saturated carbocycles. The Morgan fingerprint density at radius 3 is 2.83 bits per heavy atom. The van der Waals surface area contributed by atoms with E-state index >= 15 is 0 Å². The van der Waals surface area contributed by atoms with E-state index in [9.17, 15) is 15.0 Å². The van der Waals surface area contributed by atoms with Crippen molar-refractivity contribution in [1.29, 1.82) is 0 Å². The number of rotatable bonds is 1. The lowest BCUT2D eigenvalue weighted by Gasteiger charge is -2.12. The number of phenols is 1. The number of fused-ring (bicyclic) bond motifs is 1. The third-order valence-electron chi connectivity index (χ3n) is 3.62. The molecule has 0 aromatic heterocycles. The van der Waals surface area contributed by atoms with Crippen molar-refractivity contribution >= 4 is 12.0 Å². The highest BCUT2D eigenvalue weighted by atomic mass is 16.5. The van der Waals surface area contributed by atoms with E-state index < -0.39 is 5.97 Å². The van der Waals surface area contributed by atoms with Crippen molar-refractivity contribution in [3.63, 3.8) is 0 Å². The summed E-state index contributed by atoms with van der Waals surface area (Å²) in [5.41, 5.74) is 0.664. The molecule has 0 bridgehead atoms. The molecule has 1 aromatic carbocycles. The first kappa shape index (κ1) is 17.1. The minimum Gasteiger partial charge on any atom is -0.507 e. The molecule has 1 atom stereocenters. The van der Waals surface area contributed by atoms with Crippen LogP contribution < -0.4 is 4.74 Å². The number of carbonyl (C=O) groups excluding carboxylic acids is 1. The Kier molecular flexibility index (Phi) is 6.23. The maximum absolute atomic E-state index is 12.2. The monoisotopic (exact) mass is 318 g/mol. The lowest BCUT2D eigenvalue weighted by atomic mass is 10.0. The average Bonchev–Trinajstić information content (AvgIpc) is 2.53. The van der Waals surface area contributed by atoms with Crippen molar-refractivity contribution in [1.82, 2.24) is 0 Å².